The van der Waals surface area contributed by atoms with Crippen molar-refractivity contribution in [2.24, 2.45) is 0 Å². The molecule has 0 aromatic heterocycles. The molecule has 1 fully saturated rings. The lowest BCUT2D eigenvalue weighted by atomic mass is 10.7. The molecule has 1 aliphatic heterocycles. The minimum absolute atomic E-state index is 0.373. The van der Waals surface area contributed by atoms with Crippen LogP contribution in [-0.4, -0.2) is 19.1 Å². The maximum absolute atomic E-state index is 10.4. The summed E-state index contributed by atoms with van der Waals surface area (Å²) in [6.45, 7) is 1.38. The Morgan fingerprint density at radius 2 is 2.62 bits per heavy atom. The number of rotatable bonds is 1. The van der Waals surface area contributed by atoms with E-state index in [9.17, 15) is 4.57 Å². The highest BCUT2D eigenvalue weighted by Crippen LogP contribution is 2.33. The zero-order chi connectivity index (χ0) is 5.98. The van der Waals surface area contributed by atoms with Crippen molar-refractivity contribution in [1.29, 1.82) is 0 Å². The predicted molar refractivity (Wildman–Crippen MR) is 32.6 cm³/mol. The number of nitrogens with one attached hydrogen (secondary N) is 1. The fourth-order valence-corrected chi connectivity index (χ4v) is 1.55. The van der Waals surface area contributed by atoms with Gasteiger partial charge in [-0.1, -0.05) is 11.2 Å². The van der Waals surface area contributed by atoms with Gasteiger partial charge in [0.1, 0.15) is 0 Å². The first kappa shape index (κ1) is 6.56. The SMILES string of the molecule is O=[PH](Cl)C1NCCO1. The minimum Gasteiger partial charge on any atom is -0.354 e. The van der Waals surface area contributed by atoms with Crippen molar-refractivity contribution in [1.82, 2.24) is 5.32 Å². The van der Waals surface area contributed by atoms with Crippen LogP contribution in [0.5, 0.6) is 0 Å². The first-order valence-electron chi connectivity index (χ1n) is 2.35. The van der Waals surface area contributed by atoms with Gasteiger partial charge in [0, 0.05) is 6.54 Å². The summed E-state index contributed by atoms with van der Waals surface area (Å²) in [5.74, 6) is -0.373. The Kier molecular flexibility index (Phi) is 2.32. The van der Waals surface area contributed by atoms with Crippen LogP contribution in [-0.2, 0) is 9.30 Å². The molecule has 2 atom stereocenters. The fraction of sp³-hybridized carbons (Fsp3) is 1.00. The van der Waals surface area contributed by atoms with Gasteiger partial charge in [-0.3, -0.25) is 5.32 Å². The molecular weight excluding hydrogens is 148 g/mol. The van der Waals surface area contributed by atoms with E-state index in [4.69, 9.17) is 16.0 Å². The number of ether oxygens (including phenoxy) is 1. The van der Waals surface area contributed by atoms with Crippen LogP contribution < -0.4 is 5.32 Å². The second-order valence-corrected chi connectivity index (χ2v) is 3.76. The van der Waals surface area contributed by atoms with E-state index in [1.807, 2.05) is 0 Å². The van der Waals surface area contributed by atoms with Crippen molar-refractivity contribution in [2.45, 2.75) is 5.97 Å². The van der Waals surface area contributed by atoms with Crippen LogP contribution in [0.1, 0.15) is 0 Å². The van der Waals surface area contributed by atoms with Crippen molar-refractivity contribution in [3.8, 4) is 0 Å². The van der Waals surface area contributed by atoms with Gasteiger partial charge in [-0.05, 0) is 0 Å². The highest BCUT2D eigenvalue weighted by molar-refractivity contribution is 7.74. The van der Waals surface area contributed by atoms with E-state index in [-0.39, 0.29) is 5.97 Å². The van der Waals surface area contributed by atoms with Crippen LogP contribution in [0.2, 0.25) is 0 Å². The molecular formula is C3H7ClNO2P. The van der Waals surface area contributed by atoms with Crippen LogP contribution in [0.4, 0.5) is 0 Å². The molecule has 1 aliphatic rings. The number of hydrogen-bond acceptors (Lipinski definition) is 3. The molecule has 0 aromatic carbocycles. The largest absolute Gasteiger partial charge is 0.354 e. The summed E-state index contributed by atoms with van der Waals surface area (Å²) in [4.78, 5) is 0. The summed E-state index contributed by atoms with van der Waals surface area (Å²) in [5, 5.41) is 2.83. The summed E-state index contributed by atoms with van der Waals surface area (Å²) in [7, 11) is -2.02. The molecule has 5 heteroatoms. The Morgan fingerprint density at radius 3 is 2.88 bits per heavy atom. The lowest BCUT2D eigenvalue weighted by molar-refractivity contribution is 0.162. The summed E-state index contributed by atoms with van der Waals surface area (Å²) >= 11 is 5.24. The molecule has 0 amide bonds. The third-order valence-corrected chi connectivity index (χ3v) is 2.30. The summed E-state index contributed by atoms with van der Waals surface area (Å²) < 4.78 is 15.3. The Bertz CT molecular complexity index is 103. The van der Waals surface area contributed by atoms with Crippen LogP contribution in [0.3, 0.4) is 0 Å². The fourth-order valence-electron chi connectivity index (χ4n) is 0.571. The molecule has 1 N–H and O–H groups in total. The van der Waals surface area contributed by atoms with Gasteiger partial charge in [-0.25, -0.2) is 0 Å². The molecule has 1 rings (SSSR count). The van der Waals surface area contributed by atoms with Gasteiger partial charge in [0.2, 0.25) is 0 Å². The monoisotopic (exact) mass is 155 g/mol. The number of halogens is 1. The van der Waals surface area contributed by atoms with Crippen molar-refractivity contribution in [3.05, 3.63) is 0 Å². The van der Waals surface area contributed by atoms with E-state index in [0.29, 0.717) is 6.61 Å². The number of hydrogen-bond donors (Lipinski definition) is 1. The molecule has 48 valence electrons. The zero-order valence-corrected chi connectivity index (χ0v) is 5.94. The topological polar surface area (TPSA) is 38.3 Å². The van der Waals surface area contributed by atoms with E-state index in [0.717, 1.165) is 6.54 Å². The molecule has 0 aromatic rings. The van der Waals surface area contributed by atoms with Crippen molar-refractivity contribution in [2.75, 3.05) is 13.2 Å². The van der Waals surface area contributed by atoms with Crippen LogP contribution in [0.25, 0.3) is 0 Å². The lowest BCUT2D eigenvalue weighted by Crippen LogP contribution is -2.16. The molecule has 1 heterocycles. The third-order valence-electron chi connectivity index (χ3n) is 0.922. The summed E-state index contributed by atoms with van der Waals surface area (Å²) in [6, 6.07) is 0. The summed E-state index contributed by atoms with van der Waals surface area (Å²) in [6.07, 6.45) is 0. The molecule has 0 bridgehead atoms. The quantitative estimate of drug-likeness (QED) is 0.564. The lowest BCUT2D eigenvalue weighted by Gasteiger charge is -2.01. The van der Waals surface area contributed by atoms with E-state index in [2.05, 4.69) is 5.32 Å². The van der Waals surface area contributed by atoms with Gasteiger partial charge < -0.3 is 9.30 Å². The van der Waals surface area contributed by atoms with Crippen LogP contribution >= 0.6 is 18.4 Å². The molecule has 2 unspecified atom stereocenters. The first-order valence-corrected chi connectivity index (χ1v) is 4.85. The van der Waals surface area contributed by atoms with Crippen molar-refractivity contribution in [3.63, 3.8) is 0 Å². The normalized spacial score (nSPS) is 32.9. The molecule has 0 aliphatic carbocycles. The molecule has 0 radical (unpaired) electrons. The minimum atomic E-state index is -2.02. The molecule has 0 saturated carbocycles. The summed E-state index contributed by atoms with van der Waals surface area (Å²) in [5.41, 5.74) is 0. The standard InChI is InChI=1S/C3H7ClNO2P/c4-8(6)3-5-1-2-7-3/h3,5,8H,1-2H2. The van der Waals surface area contributed by atoms with Gasteiger partial charge in [-0.15, -0.1) is 0 Å². The zero-order valence-electron chi connectivity index (χ0n) is 4.19. The van der Waals surface area contributed by atoms with Crippen molar-refractivity contribution >= 4 is 18.4 Å². The maximum atomic E-state index is 10.4. The smallest absolute Gasteiger partial charge is 0.199 e. The van der Waals surface area contributed by atoms with E-state index >= 15 is 0 Å². The molecule has 3 nitrogen and oxygen atoms in total. The van der Waals surface area contributed by atoms with Gasteiger partial charge in [0.15, 0.2) is 13.1 Å². The third kappa shape index (κ3) is 1.46. The van der Waals surface area contributed by atoms with E-state index < -0.39 is 7.15 Å². The van der Waals surface area contributed by atoms with Crippen molar-refractivity contribution < 1.29 is 9.30 Å². The average molecular weight is 156 g/mol. The van der Waals surface area contributed by atoms with Gasteiger partial charge in [-0.2, -0.15) is 0 Å². The van der Waals surface area contributed by atoms with Crippen LogP contribution in [0.15, 0.2) is 0 Å². The Morgan fingerprint density at radius 1 is 1.88 bits per heavy atom. The Hall–Kier alpha value is 0.440. The maximum Gasteiger partial charge on any atom is 0.199 e. The molecule has 8 heavy (non-hydrogen) atoms. The van der Waals surface area contributed by atoms with Gasteiger partial charge in [0.25, 0.3) is 0 Å². The second kappa shape index (κ2) is 2.83. The second-order valence-electron chi connectivity index (χ2n) is 1.51. The van der Waals surface area contributed by atoms with E-state index in [1.165, 1.54) is 0 Å². The Balaban J connectivity index is 2.35. The molecule has 0 spiro atoms. The average Bonchev–Trinajstić information content (AvgIpc) is 2.12. The van der Waals surface area contributed by atoms with Gasteiger partial charge in [0.05, 0.1) is 6.61 Å². The highest BCUT2D eigenvalue weighted by atomic mass is 35.7. The molecule has 1 saturated heterocycles. The first-order chi connectivity index (χ1) is 3.80. The van der Waals surface area contributed by atoms with Gasteiger partial charge >= 0.3 is 0 Å². The van der Waals surface area contributed by atoms with Crippen LogP contribution in [0, 0.1) is 0 Å². The highest BCUT2D eigenvalue weighted by Gasteiger charge is 2.18. The predicted octanol–water partition coefficient (Wildman–Crippen LogP) is 0.603. The van der Waals surface area contributed by atoms with E-state index in [1.54, 1.807) is 0 Å². The Labute approximate surface area is 52.9 Å².